The van der Waals surface area contributed by atoms with Gasteiger partial charge in [0.25, 0.3) is 5.91 Å². The quantitative estimate of drug-likeness (QED) is 0.676. The maximum absolute atomic E-state index is 13.3. The van der Waals surface area contributed by atoms with E-state index in [4.69, 9.17) is 9.52 Å². The Kier molecular flexibility index (Phi) is 3.87. The van der Waals surface area contributed by atoms with Gasteiger partial charge in [-0.3, -0.25) is 9.59 Å². The zero-order valence-corrected chi connectivity index (χ0v) is 12.1. The highest BCUT2D eigenvalue weighted by atomic mass is 19.1. The molecule has 1 aromatic carbocycles. The lowest BCUT2D eigenvalue weighted by Gasteiger charge is -2.07. The molecule has 122 valence electrons. The third kappa shape index (κ3) is 3.02. The van der Waals surface area contributed by atoms with E-state index in [1.807, 2.05) is 0 Å². The van der Waals surface area contributed by atoms with Crippen LogP contribution in [0.2, 0.25) is 0 Å². The minimum absolute atomic E-state index is 0.0540. The standard InChI is InChI=1S/C16H11FN2O5/c17-8-1-3-10-11(6-14(20)19-12(10)5-8)15(21)18-7-9-2-4-13(24-9)16(22)23/h1-6H,7H2,(H,18,21)(H,19,20)(H,22,23). The lowest BCUT2D eigenvalue weighted by molar-refractivity contribution is 0.0660. The van der Waals surface area contributed by atoms with Crippen LogP contribution in [0.4, 0.5) is 4.39 Å². The Morgan fingerprint density at radius 2 is 2.00 bits per heavy atom. The van der Waals surface area contributed by atoms with Crippen LogP contribution in [0.3, 0.4) is 0 Å². The number of carbonyl (C=O) groups is 2. The molecule has 8 heteroatoms. The van der Waals surface area contributed by atoms with Crippen molar-refractivity contribution in [1.29, 1.82) is 0 Å². The van der Waals surface area contributed by atoms with Gasteiger partial charge in [0, 0.05) is 11.5 Å². The Morgan fingerprint density at radius 1 is 1.21 bits per heavy atom. The second-order valence-electron chi connectivity index (χ2n) is 4.99. The van der Waals surface area contributed by atoms with E-state index in [0.717, 1.165) is 12.1 Å². The van der Waals surface area contributed by atoms with Crippen molar-refractivity contribution in [3.63, 3.8) is 0 Å². The van der Waals surface area contributed by atoms with Gasteiger partial charge in [-0.1, -0.05) is 0 Å². The summed E-state index contributed by atoms with van der Waals surface area (Å²) >= 11 is 0. The van der Waals surface area contributed by atoms with Crippen molar-refractivity contribution >= 4 is 22.8 Å². The summed E-state index contributed by atoms with van der Waals surface area (Å²) in [6.07, 6.45) is 0. The van der Waals surface area contributed by atoms with Crippen LogP contribution in [-0.2, 0) is 6.54 Å². The van der Waals surface area contributed by atoms with E-state index in [1.54, 1.807) is 0 Å². The summed E-state index contributed by atoms with van der Waals surface area (Å²) in [5.74, 6) is -2.30. The molecule has 0 aliphatic heterocycles. The second-order valence-corrected chi connectivity index (χ2v) is 4.99. The summed E-state index contributed by atoms with van der Waals surface area (Å²) in [5.41, 5.74) is -0.248. The first-order valence-corrected chi connectivity index (χ1v) is 6.87. The van der Waals surface area contributed by atoms with Gasteiger partial charge in [0.2, 0.25) is 11.3 Å². The number of pyridine rings is 1. The number of hydrogen-bond donors (Lipinski definition) is 3. The van der Waals surface area contributed by atoms with Crippen molar-refractivity contribution in [1.82, 2.24) is 10.3 Å². The summed E-state index contributed by atoms with van der Waals surface area (Å²) in [5, 5.41) is 11.7. The summed E-state index contributed by atoms with van der Waals surface area (Å²) in [6, 6.07) is 7.51. The van der Waals surface area contributed by atoms with Crippen LogP contribution in [0.15, 0.2) is 45.6 Å². The normalized spacial score (nSPS) is 10.7. The first-order chi connectivity index (χ1) is 11.4. The van der Waals surface area contributed by atoms with E-state index in [2.05, 4.69) is 10.3 Å². The van der Waals surface area contributed by atoms with Crippen molar-refractivity contribution in [2.24, 2.45) is 0 Å². The van der Waals surface area contributed by atoms with E-state index >= 15 is 0 Å². The van der Waals surface area contributed by atoms with Gasteiger partial charge in [0.15, 0.2) is 0 Å². The average Bonchev–Trinajstić information content (AvgIpc) is 3.00. The number of carboxylic acid groups (broad SMARTS) is 1. The molecule has 0 saturated carbocycles. The second kappa shape index (κ2) is 5.99. The molecule has 3 N–H and O–H groups in total. The number of carboxylic acids is 1. The molecule has 0 fully saturated rings. The van der Waals surface area contributed by atoms with E-state index in [0.29, 0.717) is 5.39 Å². The number of aromatic amines is 1. The molecule has 0 aliphatic rings. The fourth-order valence-corrected chi connectivity index (χ4v) is 2.27. The largest absolute Gasteiger partial charge is 0.475 e. The van der Waals surface area contributed by atoms with Gasteiger partial charge in [-0.05, 0) is 30.3 Å². The molecule has 2 heterocycles. The highest BCUT2D eigenvalue weighted by molar-refractivity contribution is 6.05. The highest BCUT2D eigenvalue weighted by Gasteiger charge is 2.14. The van der Waals surface area contributed by atoms with Crippen LogP contribution >= 0.6 is 0 Å². The van der Waals surface area contributed by atoms with Crippen molar-refractivity contribution in [3.8, 4) is 0 Å². The van der Waals surface area contributed by atoms with Crippen molar-refractivity contribution < 1.29 is 23.5 Å². The van der Waals surface area contributed by atoms with Crippen LogP contribution in [0.5, 0.6) is 0 Å². The number of fused-ring (bicyclic) bond motifs is 1. The number of aromatic nitrogens is 1. The molecule has 7 nitrogen and oxygen atoms in total. The SMILES string of the molecule is O=C(O)c1ccc(CNC(=O)c2cc(=O)[nH]c3cc(F)ccc23)o1. The first kappa shape index (κ1) is 15.5. The van der Waals surface area contributed by atoms with Gasteiger partial charge in [-0.15, -0.1) is 0 Å². The molecule has 2 aromatic heterocycles. The minimum atomic E-state index is -1.21. The number of amides is 1. The molecular weight excluding hydrogens is 319 g/mol. The number of nitrogens with one attached hydrogen (secondary N) is 2. The molecule has 3 rings (SSSR count). The molecule has 3 aromatic rings. The Bertz CT molecular complexity index is 1010. The number of furan rings is 1. The number of benzene rings is 1. The minimum Gasteiger partial charge on any atom is -0.475 e. The van der Waals surface area contributed by atoms with Gasteiger partial charge in [0.05, 0.1) is 17.6 Å². The molecule has 0 saturated heterocycles. The molecule has 0 aliphatic carbocycles. The lowest BCUT2D eigenvalue weighted by Crippen LogP contribution is -2.24. The predicted octanol–water partition coefficient (Wildman–Crippen LogP) is 1.89. The Balaban J connectivity index is 1.85. The molecule has 24 heavy (non-hydrogen) atoms. The van der Waals surface area contributed by atoms with Crippen LogP contribution in [0.25, 0.3) is 10.9 Å². The molecular formula is C16H11FN2O5. The smallest absolute Gasteiger partial charge is 0.371 e. The summed E-state index contributed by atoms with van der Waals surface area (Å²) < 4.78 is 18.3. The number of halogens is 1. The molecule has 0 bridgehead atoms. The maximum Gasteiger partial charge on any atom is 0.371 e. The average molecular weight is 330 g/mol. The molecule has 0 unspecified atom stereocenters. The predicted molar refractivity (Wildman–Crippen MR) is 81.4 cm³/mol. The molecule has 0 radical (unpaired) electrons. The zero-order valence-electron chi connectivity index (χ0n) is 12.1. The fourth-order valence-electron chi connectivity index (χ4n) is 2.27. The highest BCUT2D eigenvalue weighted by Crippen LogP contribution is 2.16. The van der Waals surface area contributed by atoms with Crippen molar-refractivity contribution in [3.05, 3.63) is 69.7 Å². The number of aromatic carboxylic acids is 1. The lowest BCUT2D eigenvalue weighted by atomic mass is 10.1. The van der Waals surface area contributed by atoms with Crippen LogP contribution in [0.1, 0.15) is 26.7 Å². The van der Waals surface area contributed by atoms with Crippen LogP contribution < -0.4 is 10.9 Å². The number of hydrogen-bond acceptors (Lipinski definition) is 4. The summed E-state index contributed by atoms with van der Waals surface area (Å²) in [7, 11) is 0. The third-order valence-corrected chi connectivity index (χ3v) is 3.35. The van der Waals surface area contributed by atoms with Gasteiger partial charge < -0.3 is 19.8 Å². The van der Waals surface area contributed by atoms with Crippen LogP contribution in [-0.4, -0.2) is 22.0 Å². The summed E-state index contributed by atoms with van der Waals surface area (Å²) in [4.78, 5) is 37.1. The molecule has 0 atom stereocenters. The van der Waals surface area contributed by atoms with Gasteiger partial charge in [0.1, 0.15) is 11.6 Å². The maximum atomic E-state index is 13.3. The van der Waals surface area contributed by atoms with Crippen LogP contribution in [0, 0.1) is 5.82 Å². The van der Waals surface area contributed by atoms with Crippen molar-refractivity contribution in [2.75, 3.05) is 0 Å². The fraction of sp³-hybridized carbons (Fsp3) is 0.0625. The Morgan fingerprint density at radius 3 is 2.71 bits per heavy atom. The van der Waals surface area contributed by atoms with Gasteiger partial charge in [-0.25, -0.2) is 9.18 Å². The van der Waals surface area contributed by atoms with E-state index in [1.165, 1.54) is 24.3 Å². The Labute approximate surface area is 133 Å². The van der Waals surface area contributed by atoms with E-state index < -0.39 is 23.3 Å². The molecule has 0 spiro atoms. The number of H-pyrrole nitrogens is 1. The topological polar surface area (TPSA) is 112 Å². The monoisotopic (exact) mass is 330 g/mol. The first-order valence-electron chi connectivity index (χ1n) is 6.87. The number of carbonyl (C=O) groups excluding carboxylic acids is 1. The van der Waals surface area contributed by atoms with Gasteiger partial charge in [-0.2, -0.15) is 0 Å². The number of rotatable bonds is 4. The van der Waals surface area contributed by atoms with Gasteiger partial charge >= 0.3 is 5.97 Å². The van der Waals surface area contributed by atoms with E-state index in [-0.39, 0.29) is 29.1 Å². The third-order valence-electron chi connectivity index (χ3n) is 3.35. The molecule has 1 amide bonds. The van der Waals surface area contributed by atoms with E-state index in [9.17, 15) is 18.8 Å². The zero-order chi connectivity index (χ0) is 17.3. The van der Waals surface area contributed by atoms with Crippen molar-refractivity contribution in [2.45, 2.75) is 6.54 Å². The Hall–Kier alpha value is -3.42. The summed E-state index contributed by atoms with van der Waals surface area (Å²) in [6.45, 7) is -0.0540.